The number of rotatable bonds is 5. The van der Waals surface area contributed by atoms with Crippen LogP contribution in [-0.4, -0.2) is 19.1 Å². The molecule has 1 heterocycles. The van der Waals surface area contributed by atoms with Gasteiger partial charge in [-0.1, -0.05) is 23.7 Å². The molecule has 0 spiro atoms. The zero-order valence-corrected chi connectivity index (χ0v) is 12.9. The molecule has 2 aromatic rings. The van der Waals surface area contributed by atoms with Gasteiger partial charge in [0.15, 0.2) is 5.13 Å². The lowest BCUT2D eigenvalue weighted by Gasteiger charge is -2.24. The average molecular weight is 296 g/mol. The molecule has 5 heteroatoms. The summed E-state index contributed by atoms with van der Waals surface area (Å²) in [6.45, 7) is 3.03. The van der Waals surface area contributed by atoms with Gasteiger partial charge in [-0.25, -0.2) is 4.98 Å². The van der Waals surface area contributed by atoms with E-state index in [0.29, 0.717) is 0 Å². The van der Waals surface area contributed by atoms with E-state index in [2.05, 4.69) is 41.3 Å². The van der Waals surface area contributed by atoms with Crippen molar-refractivity contribution in [3.05, 3.63) is 45.9 Å². The fourth-order valence-electron chi connectivity index (χ4n) is 1.85. The highest BCUT2D eigenvalue weighted by Gasteiger charge is 2.15. The molecule has 0 radical (unpaired) electrons. The van der Waals surface area contributed by atoms with Crippen LogP contribution in [0.2, 0.25) is 5.02 Å². The van der Waals surface area contributed by atoms with Gasteiger partial charge in [-0.2, -0.15) is 0 Å². The molecular formula is C14H18ClN3S. The fourth-order valence-corrected chi connectivity index (χ4v) is 2.94. The van der Waals surface area contributed by atoms with Crippen molar-refractivity contribution in [1.82, 2.24) is 10.3 Å². The van der Waals surface area contributed by atoms with Crippen LogP contribution < -0.4 is 10.2 Å². The first-order chi connectivity index (χ1) is 9.11. The molecule has 0 aliphatic heterocycles. The molecule has 1 atom stereocenters. The Morgan fingerprint density at radius 1 is 1.37 bits per heavy atom. The van der Waals surface area contributed by atoms with E-state index in [0.717, 1.165) is 16.7 Å². The Labute approximate surface area is 123 Å². The molecule has 0 bridgehead atoms. The van der Waals surface area contributed by atoms with Crippen LogP contribution in [-0.2, 0) is 6.54 Å². The van der Waals surface area contributed by atoms with E-state index < -0.39 is 0 Å². The largest absolute Gasteiger partial charge is 0.344 e. The highest BCUT2D eigenvalue weighted by molar-refractivity contribution is 7.15. The van der Waals surface area contributed by atoms with Gasteiger partial charge in [0.25, 0.3) is 0 Å². The van der Waals surface area contributed by atoms with Crippen LogP contribution in [0, 0.1) is 0 Å². The second-order valence-electron chi connectivity index (χ2n) is 4.48. The molecule has 0 fully saturated rings. The number of anilines is 1. The molecule has 0 aliphatic rings. The molecule has 1 aromatic heterocycles. The van der Waals surface area contributed by atoms with Crippen molar-refractivity contribution < 1.29 is 0 Å². The Bertz CT molecular complexity index is 524. The van der Waals surface area contributed by atoms with Gasteiger partial charge in [0.2, 0.25) is 0 Å². The van der Waals surface area contributed by atoms with Crippen molar-refractivity contribution in [2.45, 2.75) is 19.5 Å². The lowest BCUT2D eigenvalue weighted by molar-refractivity contribution is 0.737. The van der Waals surface area contributed by atoms with Crippen LogP contribution in [0.15, 0.2) is 30.5 Å². The van der Waals surface area contributed by atoms with Crippen molar-refractivity contribution in [3.8, 4) is 0 Å². The van der Waals surface area contributed by atoms with Gasteiger partial charge in [0.1, 0.15) is 0 Å². The highest BCUT2D eigenvalue weighted by Crippen LogP contribution is 2.29. The van der Waals surface area contributed by atoms with Gasteiger partial charge >= 0.3 is 0 Å². The van der Waals surface area contributed by atoms with E-state index in [1.807, 2.05) is 25.4 Å². The maximum Gasteiger partial charge on any atom is 0.185 e. The van der Waals surface area contributed by atoms with Gasteiger partial charge in [-0.05, 0) is 31.7 Å². The summed E-state index contributed by atoms with van der Waals surface area (Å²) in [6, 6.07) is 8.24. The number of aromatic nitrogens is 1. The van der Waals surface area contributed by atoms with Crippen molar-refractivity contribution >= 4 is 28.1 Å². The Morgan fingerprint density at radius 3 is 2.68 bits per heavy atom. The molecule has 3 nitrogen and oxygen atoms in total. The van der Waals surface area contributed by atoms with Crippen LogP contribution in [0.3, 0.4) is 0 Å². The first-order valence-electron chi connectivity index (χ1n) is 6.19. The molecule has 0 amide bonds. The lowest BCUT2D eigenvalue weighted by Crippen LogP contribution is -2.21. The predicted molar refractivity (Wildman–Crippen MR) is 83.1 cm³/mol. The summed E-state index contributed by atoms with van der Waals surface area (Å²) in [5, 5.41) is 4.94. The summed E-state index contributed by atoms with van der Waals surface area (Å²) < 4.78 is 0. The highest BCUT2D eigenvalue weighted by atomic mass is 35.5. The van der Waals surface area contributed by atoms with Crippen LogP contribution in [0.25, 0.3) is 0 Å². The van der Waals surface area contributed by atoms with E-state index in [-0.39, 0.29) is 6.04 Å². The van der Waals surface area contributed by atoms with E-state index in [1.54, 1.807) is 11.3 Å². The summed E-state index contributed by atoms with van der Waals surface area (Å²) >= 11 is 7.64. The molecule has 19 heavy (non-hydrogen) atoms. The molecule has 1 aromatic carbocycles. The normalized spacial score (nSPS) is 12.4. The van der Waals surface area contributed by atoms with E-state index in [1.165, 1.54) is 10.4 Å². The Hall–Kier alpha value is -1.10. The summed E-state index contributed by atoms with van der Waals surface area (Å²) in [5.41, 5.74) is 1.23. The molecule has 0 saturated heterocycles. The lowest BCUT2D eigenvalue weighted by atomic mass is 10.1. The molecule has 0 aliphatic carbocycles. The van der Waals surface area contributed by atoms with Gasteiger partial charge in [0, 0.05) is 29.7 Å². The van der Waals surface area contributed by atoms with E-state index in [9.17, 15) is 0 Å². The SMILES string of the molecule is CNCc1cnc(N(C)C(C)c2ccc(Cl)cc2)s1. The van der Waals surface area contributed by atoms with Crippen LogP contribution in [0.4, 0.5) is 5.13 Å². The van der Waals surface area contributed by atoms with Crippen LogP contribution >= 0.6 is 22.9 Å². The minimum atomic E-state index is 0.269. The van der Waals surface area contributed by atoms with E-state index >= 15 is 0 Å². The molecule has 2 rings (SSSR count). The quantitative estimate of drug-likeness (QED) is 0.911. The van der Waals surface area contributed by atoms with Crippen LogP contribution in [0.1, 0.15) is 23.4 Å². The van der Waals surface area contributed by atoms with Gasteiger partial charge in [0.05, 0.1) is 6.04 Å². The van der Waals surface area contributed by atoms with Crippen molar-refractivity contribution in [2.24, 2.45) is 0 Å². The Kier molecular flexibility index (Phi) is 4.80. The second-order valence-corrected chi connectivity index (χ2v) is 6.01. The number of nitrogens with one attached hydrogen (secondary N) is 1. The topological polar surface area (TPSA) is 28.2 Å². The smallest absolute Gasteiger partial charge is 0.185 e. The Balaban J connectivity index is 2.13. The number of benzene rings is 1. The fraction of sp³-hybridized carbons (Fsp3) is 0.357. The standard InChI is InChI=1S/C14H18ClN3S/c1-10(11-4-6-12(15)7-5-11)18(3)14-17-9-13(19-14)8-16-2/h4-7,9-10,16H,8H2,1-3H3. The summed E-state index contributed by atoms with van der Waals surface area (Å²) in [6.07, 6.45) is 1.93. The minimum Gasteiger partial charge on any atom is -0.344 e. The zero-order valence-electron chi connectivity index (χ0n) is 11.4. The second kappa shape index (κ2) is 6.37. The number of nitrogens with zero attached hydrogens (tertiary/aromatic N) is 2. The average Bonchev–Trinajstić information content (AvgIpc) is 2.87. The van der Waals surface area contributed by atoms with Crippen molar-refractivity contribution in [3.63, 3.8) is 0 Å². The third-order valence-electron chi connectivity index (χ3n) is 3.13. The summed E-state index contributed by atoms with van der Waals surface area (Å²) in [5.74, 6) is 0. The zero-order chi connectivity index (χ0) is 13.8. The minimum absolute atomic E-state index is 0.269. The first kappa shape index (κ1) is 14.3. The summed E-state index contributed by atoms with van der Waals surface area (Å²) in [7, 11) is 4.01. The number of hydrogen-bond donors (Lipinski definition) is 1. The van der Waals surface area contributed by atoms with Crippen molar-refractivity contribution in [1.29, 1.82) is 0 Å². The van der Waals surface area contributed by atoms with Gasteiger partial charge in [-0.15, -0.1) is 11.3 Å². The molecule has 1 unspecified atom stereocenters. The monoisotopic (exact) mass is 295 g/mol. The van der Waals surface area contributed by atoms with Crippen molar-refractivity contribution in [2.75, 3.05) is 19.0 Å². The third-order valence-corrected chi connectivity index (χ3v) is 4.47. The molecular weight excluding hydrogens is 278 g/mol. The van der Waals surface area contributed by atoms with Crippen LogP contribution in [0.5, 0.6) is 0 Å². The predicted octanol–water partition coefficient (Wildman–Crippen LogP) is 3.71. The number of halogens is 1. The molecule has 102 valence electrons. The van der Waals surface area contributed by atoms with Gasteiger partial charge < -0.3 is 10.2 Å². The van der Waals surface area contributed by atoms with E-state index in [4.69, 9.17) is 11.6 Å². The molecule has 1 N–H and O–H groups in total. The maximum absolute atomic E-state index is 5.92. The number of thiazole rings is 1. The third kappa shape index (κ3) is 3.47. The maximum atomic E-state index is 5.92. The van der Waals surface area contributed by atoms with Gasteiger partial charge in [-0.3, -0.25) is 0 Å². The summed E-state index contributed by atoms with van der Waals surface area (Å²) in [4.78, 5) is 7.91. The number of hydrogen-bond acceptors (Lipinski definition) is 4. The molecule has 0 saturated carbocycles. The Morgan fingerprint density at radius 2 is 2.05 bits per heavy atom. The first-order valence-corrected chi connectivity index (χ1v) is 7.39.